The number of benzene rings is 3. The molecule has 104 valence electrons. The lowest BCUT2D eigenvalue weighted by atomic mass is 9.99. The largest absolute Gasteiger partial charge is 0.207 e. The molecule has 0 aliphatic rings. The first-order chi connectivity index (χ1) is 10.1. The monoisotopic (exact) mass is 280 g/mol. The number of aryl methyl sites for hydroxylation is 1. The maximum atomic E-state index is 13.8. The molecule has 0 N–H and O–H groups in total. The van der Waals surface area contributed by atoms with Gasteiger partial charge in [0.25, 0.3) is 0 Å². The highest BCUT2D eigenvalue weighted by atomic mass is 19.1. The summed E-state index contributed by atoms with van der Waals surface area (Å²) in [5.41, 5.74) is 4.55. The second-order valence-electron chi connectivity index (χ2n) is 5.07. The lowest BCUT2D eigenvalue weighted by molar-refractivity contribution is 0.585. The summed E-state index contributed by atoms with van der Waals surface area (Å²) in [7, 11) is 0. The average Bonchev–Trinajstić information content (AvgIpc) is 2.48. The van der Waals surface area contributed by atoms with E-state index in [1.165, 1.54) is 17.7 Å². The van der Waals surface area contributed by atoms with Gasteiger partial charge in [-0.1, -0.05) is 54.1 Å². The van der Waals surface area contributed by atoms with Crippen molar-refractivity contribution in [1.82, 2.24) is 0 Å². The van der Waals surface area contributed by atoms with Crippen LogP contribution in [0.5, 0.6) is 0 Å². The third-order valence-corrected chi connectivity index (χ3v) is 3.51. The molecule has 0 bridgehead atoms. The van der Waals surface area contributed by atoms with Crippen molar-refractivity contribution in [2.75, 3.05) is 0 Å². The second kappa shape index (κ2) is 5.49. The lowest BCUT2D eigenvalue weighted by Gasteiger charge is -2.06. The van der Waals surface area contributed by atoms with Gasteiger partial charge in [-0.3, -0.25) is 0 Å². The predicted molar refractivity (Wildman–Crippen MR) is 82.0 cm³/mol. The van der Waals surface area contributed by atoms with Gasteiger partial charge in [0.05, 0.1) is 0 Å². The molecular formula is C19H14F2. The minimum absolute atomic E-state index is 0.409. The third-order valence-electron chi connectivity index (χ3n) is 3.51. The van der Waals surface area contributed by atoms with E-state index in [9.17, 15) is 8.78 Å². The predicted octanol–water partition coefficient (Wildman–Crippen LogP) is 5.61. The van der Waals surface area contributed by atoms with Crippen molar-refractivity contribution in [1.29, 1.82) is 0 Å². The first kappa shape index (κ1) is 13.5. The number of halogens is 2. The molecule has 0 saturated carbocycles. The molecule has 3 aromatic rings. The average molecular weight is 280 g/mol. The molecule has 0 saturated heterocycles. The van der Waals surface area contributed by atoms with Gasteiger partial charge in [-0.2, -0.15) is 0 Å². The van der Waals surface area contributed by atoms with Crippen molar-refractivity contribution in [3.63, 3.8) is 0 Å². The fourth-order valence-electron chi connectivity index (χ4n) is 2.31. The maximum Gasteiger partial charge on any atom is 0.133 e. The summed E-state index contributed by atoms with van der Waals surface area (Å²) in [6.07, 6.45) is 0. The Morgan fingerprint density at radius 3 is 1.71 bits per heavy atom. The van der Waals surface area contributed by atoms with Gasteiger partial charge < -0.3 is 0 Å². The van der Waals surface area contributed by atoms with Crippen LogP contribution in [0.4, 0.5) is 8.78 Å². The molecule has 0 radical (unpaired) electrons. The topological polar surface area (TPSA) is 0 Å². The van der Waals surface area contributed by atoms with Crippen LogP contribution in [0.1, 0.15) is 5.56 Å². The molecule has 21 heavy (non-hydrogen) atoms. The van der Waals surface area contributed by atoms with Gasteiger partial charge in [-0.25, -0.2) is 8.78 Å². The first-order valence-electron chi connectivity index (χ1n) is 6.76. The molecule has 2 heteroatoms. The highest BCUT2D eigenvalue weighted by molar-refractivity contribution is 5.70. The van der Waals surface area contributed by atoms with Crippen molar-refractivity contribution in [3.8, 4) is 22.3 Å². The molecule has 0 heterocycles. The third kappa shape index (κ3) is 2.84. The highest BCUT2D eigenvalue weighted by Gasteiger charge is 2.06. The Balaban J connectivity index is 1.95. The molecular weight excluding hydrogens is 266 g/mol. The molecule has 0 atom stereocenters. The van der Waals surface area contributed by atoms with Gasteiger partial charge in [0.2, 0.25) is 0 Å². The molecule has 3 aromatic carbocycles. The van der Waals surface area contributed by atoms with Crippen LogP contribution in [0.3, 0.4) is 0 Å². The van der Waals surface area contributed by atoms with Crippen molar-refractivity contribution in [2.45, 2.75) is 6.92 Å². The van der Waals surface area contributed by atoms with Gasteiger partial charge in [0.15, 0.2) is 0 Å². The molecule has 0 aromatic heterocycles. The molecule has 0 fully saturated rings. The van der Waals surface area contributed by atoms with Crippen molar-refractivity contribution < 1.29 is 8.78 Å². The van der Waals surface area contributed by atoms with Gasteiger partial charge in [0.1, 0.15) is 11.6 Å². The van der Waals surface area contributed by atoms with E-state index in [1.807, 2.05) is 31.2 Å². The van der Waals surface area contributed by atoms with Gasteiger partial charge in [-0.15, -0.1) is 0 Å². The molecule has 0 aliphatic carbocycles. The van der Waals surface area contributed by atoms with Gasteiger partial charge in [-0.05, 0) is 35.7 Å². The van der Waals surface area contributed by atoms with E-state index < -0.39 is 11.6 Å². The zero-order valence-electron chi connectivity index (χ0n) is 11.6. The van der Waals surface area contributed by atoms with E-state index in [2.05, 4.69) is 24.3 Å². The van der Waals surface area contributed by atoms with E-state index >= 15 is 0 Å². The summed E-state index contributed by atoms with van der Waals surface area (Å²) >= 11 is 0. The molecule has 0 amide bonds. The van der Waals surface area contributed by atoms with Crippen LogP contribution in [0.2, 0.25) is 0 Å². The Bertz CT molecular complexity index is 757. The van der Waals surface area contributed by atoms with Gasteiger partial charge in [0, 0.05) is 11.6 Å². The Kier molecular flexibility index (Phi) is 3.53. The summed E-state index contributed by atoms with van der Waals surface area (Å²) in [4.78, 5) is 0. The molecule has 3 rings (SSSR count). The first-order valence-corrected chi connectivity index (χ1v) is 6.76. The van der Waals surface area contributed by atoms with Crippen LogP contribution >= 0.6 is 0 Å². The van der Waals surface area contributed by atoms with Crippen LogP contribution in [0, 0.1) is 18.6 Å². The lowest BCUT2D eigenvalue weighted by Crippen LogP contribution is -1.86. The van der Waals surface area contributed by atoms with E-state index in [0.717, 1.165) is 22.8 Å². The molecule has 0 spiro atoms. The minimum atomic E-state index is -0.562. The summed E-state index contributed by atoms with van der Waals surface area (Å²) in [5.74, 6) is -1.11. The zero-order chi connectivity index (χ0) is 14.8. The Hall–Kier alpha value is -2.48. The number of hydrogen-bond acceptors (Lipinski definition) is 0. The molecule has 0 unspecified atom stereocenters. The Morgan fingerprint density at radius 1 is 0.619 bits per heavy atom. The highest BCUT2D eigenvalue weighted by Crippen LogP contribution is 2.27. The van der Waals surface area contributed by atoms with Crippen molar-refractivity contribution in [2.24, 2.45) is 0 Å². The Morgan fingerprint density at radius 2 is 1.14 bits per heavy atom. The summed E-state index contributed by atoms with van der Waals surface area (Å²) in [6, 6.07) is 19.5. The zero-order valence-corrected chi connectivity index (χ0v) is 11.6. The minimum Gasteiger partial charge on any atom is -0.207 e. The standard InChI is InChI=1S/C19H14F2/c1-13-2-4-14(5-3-13)15-6-8-16(9-7-15)18-11-10-17(20)12-19(18)21/h2-12H,1H3. The van der Waals surface area contributed by atoms with Crippen LogP contribution in [-0.2, 0) is 0 Å². The van der Waals surface area contributed by atoms with Crippen molar-refractivity contribution in [3.05, 3.63) is 83.9 Å². The number of rotatable bonds is 2. The summed E-state index contributed by atoms with van der Waals surface area (Å²) in [6.45, 7) is 2.05. The van der Waals surface area contributed by atoms with Crippen LogP contribution in [-0.4, -0.2) is 0 Å². The fraction of sp³-hybridized carbons (Fsp3) is 0.0526. The Labute approximate surface area is 122 Å². The summed E-state index contributed by atoms with van der Waals surface area (Å²) < 4.78 is 26.7. The summed E-state index contributed by atoms with van der Waals surface area (Å²) in [5, 5.41) is 0. The second-order valence-corrected chi connectivity index (χ2v) is 5.07. The van der Waals surface area contributed by atoms with Crippen molar-refractivity contribution >= 4 is 0 Å². The van der Waals surface area contributed by atoms with Crippen LogP contribution in [0.15, 0.2) is 66.7 Å². The van der Waals surface area contributed by atoms with Crippen LogP contribution < -0.4 is 0 Å². The molecule has 0 aliphatic heterocycles. The van der Waals surface area contributed by atoms with Crippen LogP contribution in [0.25, 0.3) is 22.3 Å². The van der Waals surface area contributed by atoms with E-state index in [0.29, 0.717) is 5.56 Å². The fourth-order valence-corrected chi connectivity index (χ4v) is 2.31. The van der Waals surface area contributed by atoms with E-state index in [4.69, 9.17) is 0 Å². The van der Waals surface area contributed by atoms with E-state index in [1.54, 1.807) is 0 Å². The van der Waals surface area contributed by atoms with Gasteiger partial charge >= 0.3 is 0 Å². The maximum absolute atomic E-state index is 13.8. The smallest absolute Gasteiger partial charge is 0.133 e. The molecule has 0 nitrogen and oxygen atoms in total. The quantitative estimate of drug-likeness (QED) is 0.572. The van der Waals surface area contributed by atoms with E-state index in [-0.39, 0.29) is 0 Å². The normalized spacial score (nSPS) is 10.6. The SMILES string of the molecule is Cc1ccc(-c2ccc(-c3ccc(F)cc3F)cc2)cc1. The number of hydrogen-bond donors (Lipinski definition) is 0.